The highest BCUT2D eigenvalue weighted by molar-refractivity contribution is 5.77. The van der Waals surface area contributed by atoms with E-state index in [1.807, 2.05) is 18.7 Å². The number of carbonyl (C=O) groups excluding carboxylic acids is 1. The average molecular weight is 297 g/mol. The van der Waals surface area contributed by atoms with Gasteiger partial charge >= 0.3 is 0 Å². The molecule has 0 saturated carbocycles. The number of aryl methyl sites for hydroxylation is 3. The van der Waals surface area contributed by atoms with Crippen molar-refractivity contribution in [1.82, 2.24) is 15.1 Å². The van der Waals surface area contributed by atoms with E-state index >= 15 is 0 Å². The third-order valence-corrected chi connectivity index (χ3v) is 4.73. The van der Waals surface area contributed by atoms with E-state index in [0.717, 1.165) is 37.3 Å². The molecule has 116 valence electrons. The van der Waals surface area contributed by atoms with Crippen molar-refractivity contribution >= 4 is 5.91 Å². The molecule has 2 aromatic rings. The van der Waals surface area contributed by atoms with Gasteiger partial charge in [0.2, 0.25) is 5.91 Å². The van der Waals surface area contributed by atoms with Gasteiger partial charge < -0.3 is 4.90 Å². The fraction of sp³-hybridized carbons (Fsp3) is 0.444. The minimum atomic E-state index is 0.244. The van der Waals surface area contributed by atoms with Gasteiger partial charge in [0.1, 0.15) is 0 Å². The molecule has 0 spiro atoms. The van der Waals surface area contributed by atoms with Gasteiger partial charge in [-0.3, -0.25) is 9.89 Å². The van der Waals surface area contributed by atoms with Gasteiger partial charge in [-0.1, -0.05) is 18.2 Å². The van der Waals surface area contributed by atoms with Gasteiger partial charge in [0, 0.05) is 25.2 Å². The Balaban J connectivity index is 1.66. The lowest BCUT2D eigenvalue weighted by molar-refractivity contribution is -0.132. The van der Waals surface area contributed by atoms with E-state index in [4.69, 9.17) is 0 Å². The van der Waals surface area contributed by atoms with Crippen LogP contribution >= 0.6 is 0 Å². The number of H-pyrrole nitrogens is 1. The van der Waals surface area contributed by atoms with Crippen LogP contribution in [-0.4, -0.2) is 27.5 Å². The molecule has 0 fully saturated rings. The Kier molecular flexibility index (Phi) is 4.01. The monoisotopic (exact) mass is 297 g/mol. The van der Waals surface area contributed by atoms with Crippen LogP contribution in [-0.2, 0) is 24.2 Å². The first-order chi connectivity index (χ1) is 10.6. The first-order valence-electron chi connectivity index (χ1n) is 7.92. The van der Waals surface area contributed by atoms with Crippen molar-refractivity contribution in [1.29, 1.82) is 0 Å². The Morgan fingerprint density at radius 2 is 2.14 bits per heavy atom. The molecule has 0 unspecified atom stereocenters. The highest BCUT2D eigenvalue weighted by atomic mass is 16.2. The van der Waals surface area contributed by atoms with Crippen LogP contribution in [0.25, 0.3) is 0 Å². The van der Waals surface area contributed by atoms with E-state index in [1.54, 1.807) is 0 Å². The third kappa shape index (κ3) is 2.78. The maximum Gasteiger partial charge on any atom is 0.223 e. The maximum absolute atomic E-state index is 12.5. The summed E-state index contributed by atoms with van der Waals surface area (Å²) in [4.78, 5) is 14.5. The molecule has 4 heteroatoms. The van der Waals surface area contributed by atoms with E-state index in [-0.39, 0.29) is 5.91 Å². The Hall–Kier alpha value is -2.10. The average Bonchev–Trinajstić information content (AvgIpc) is 2.84. The molecule has 4 nitrogen and oxygen atoms in total. The summed E-state index contributed by atoms with van der Waals surface area (Å²) < 4.78 is 0. The summed E-state index contributed by atoms with van der Waals surface area (Å²) in [7, 11) is 0. The summed E-state index contributed by atoms with van der Waals surface area (Å²) >= 11 is 0. The summed E-state index contributed by atoms with van der Waals surface area (Å²) in [6.07, 6.45) is 2.29. The zero-order valence-corrected chi connectivity index (χ0v) is 13.6. The van der Waals surface area contributed by atoms with Crippen molar-refractivity contribution in [3.05, 3.63) is 51.8 Å². The molecule has 0 atom stereocenters. The quantitative estimate of drug-likeness (QED) is 0.947. The van der Waals surface area contributed by atoms with Crippen LogP contribution in [0.2, 0.25) is 0 Å². The molecule has 1 aromatic carbocycles. The molecule has 2 heterocycles. The Labute approximate surface area is 131 Å². The predicted octanol–water partition coefficient (Wildman–Crippen LogP) is 2.85. The smallest absolute Gasteiger partial charge is 0.223 e. The molecule has 1 N–H and O–H groups in total. The van der Waals surface area contributed by atoms with Gasteiger partial charge in [0.05, 0.1) is 5.69 Å². The first-order valence-corrected chi connectivity index (χ1v) is 7.92. The Morgan fingerprint density at radius 3 is 2.86 bits per heavy atom. The standard InChI is InChI=1S/C18H23N3O/c1-12-5-4-6-15-9-10-21(11-17(12)15)18(22)8-7-16-13(2)19-20-14(16)3/h4-6H,7-11H2,1-3H3,(H,19,20). The van der Waals surface area contributed by atoms with Crippen LogP contribution in [0.3, 0.4) is 0 Å². The van der Waals surface area contributed by atoms with E-state index in [1.165, 1.54) is 22.3 Å². The van der Waals surface area contributed by atoms with Crippen LogP contribution in [0.5, 0.6) is 0 Å². The van der Waals surface area contributed by atoms with Gasteiger partial charge in [0.15, 0.2) is 0 Å². The normalized spacial score (nSPS) is 14.0. The van der Waals surface area contributed by atoms with Crippen LogP contribution in [0.4, 0.5) is 0 Å². The summed E-state index contributed by atoms with van der Waals surface area (Å²) in [6.45, 7) is 7.72. The van der Waals surface area contributed by atoms with Crippen molar-refractivity contribution in [3.8, 4) is 0 Å². The number of hydrogen-bond donors (Lipinski definition) is 1. The minimum Gasteiger partial charge on any atom is -0.338 e. The summed E-state index contributed by atoms with van der Waals surface area (Å²) in [6, 6.07) is 6.42. The lowest BCUT2D eigenvalue weighted by atomic mass is 9.95. The fourth-order valence-corrected chi connectivity index (χ4v) is 3.29. The van der Waals surface area contributed by atoms with Crippen molar-refractivity contribution in [2.75, 3.05) is 6.54 Å². The number of hydrogen-bond acceptors (Lipinski definition) is 2. The molecular weight excluding hydrogens is 274 g/mol. The van der Waals surface area contributed by atoms with E-state index < -0.39 is 0 Å². The van der Waals surface area contributed by atoms with Crippen LogP contribution in [0.15, 0.2) is 18.2 Å². The second-order valence-corrected chi connectivity index (χ2v) is 6.19. The number of rotatable bonds is 3. The van der Waals surface area contributed by atoms with E-state index in [9.17, 15) is 4.79 Å². The van der Waals surface area contributed by atoms with Crippen LogP contribution in [0, 0.1) is 20.8 Å². The zero-order valence-electron chi connectivity index (χ0n) is 13.6. The van der Waals surface area contributed by atoms with Gasteiger partial charge in [0.25, 0.3) is 0 Å². The molecule has 0 saturated heterocycles. The number of amides is 1. The molecule has 1 aliphatic rings. The van der Waals surface area contributed by atoms with Gasteiger partial charge in [-0.15, -0.1) is 0 Å². The molecule has 0 aliphatic carbocycles. The van der Waals surface area contributed by atoms with Crippen molar-refractivity contribution in [2.45, 2.75) is 46.6 Å². The SMILES string of the molecule is Cc1cccc2c1CN(C(=O)CCc1c(C)n[nH]c1C)CC2. The number of nitrogens with zero attached hydrogens (tertiary/aromatic N) is 2. The second kappa shape index (κ2) is 5.95. The number of aromatic nitrogens is 2. The van der Waals surface area contributed by atoms with Gasteiger partial charge in [-0.25, -0.2) is 0 Å². The Bertz CT molecular complexity index is 683. The Morgan fingerprint density at radius 1 is 1.32 bits per heavy atom. The van der Waals surface area contributed by atoms with Gasteiger partial charge in [-0.05, 0) is 55.9 Å². The number of fused-ring (bicyclic) bond motifs is 1. The predicted molar refractivity (Wildman–Crippen MR) is 86.7 cm³/mol. The first kappa shape index (κ1) is 14.8. The van der Waals surface area contributed by atoms with Crippen molar-refractivity contribution in [3.63, 3.8) is 0 Å². The second-order valence-electron chi connectivity index (χ2n) is 6.19. The molecule has 1 amide bonds. The third-order valence-electron chi connectivity index (χ3n) is 4.73. The number of benzene rings is 1. The molecular formula is C18H23N3O. The molecule has 1 aliphatic heterocycles. The molecule has 0 radical (unpaired) electrons. The highest BCUT2D eigenvalue weighted by Crippen LogP contribution is 2.23. The summed E-state index contributed by atoms with van der Waals surface area (Å²) in [5.41, 5.74) is 7.28. The van der Waals surface area contributed by atoms with E-state index in [2.05, 4.69) is 35.3 Å². The minimum absolute atomic E-state index is 0.244. The van der Waals surface area contributed by atoms with Gasteiger partial charge in [-0.2, -0.15) is 5.10 Å². The largest absolute Gasteiger partial charge is 0.338 e. The number of carbonyl (C=O) groups is 1. The lowest BCUT2D eigenvalue weighted by Crippen LogP contribution is -2.36. The number of aromatic amines is 1. The fourth-order valence-electron chi connectivity index (χ4n) is 3.29. The van der Waals surface area contributed by atoms with Crippen LogP contribution in [0.1, 0.15) is 40.1 Å². The molecule has 3 rings (SSSR count). The lowest BCUT2D eigenvalue weighted by Gasteiger charge is -2.30. The highest BCUT2D eigenvalue weighted by Gasteiger charge is 2.22. The topological polar surface area (TPSA) is 49.0 Å². The van der Waals surface area contributed by atoms with Crippen molar-refractivity contribution in [2.24, 2.45) is 0 Å². The molecule has 1 aromatic heterocycles. The molecule has 22 heavy (non-hydrogen) atoms. The molecule has 0 bridgehead atoms. The zero-order chi connectivity index (χ0) is 15.7. The van der Waals surface area contributed by atoms with E-state index in [0.29, 0.717) is 6.42 Å². The van der Waals surface area contributed by atoms with Crippen LogP contribution < -0.4 is 0 Å². The summed E-state index contributed by atoms with van der Waals surface area (Å²) in [5, 5.41) is 7.18. The number of nitrogens with one attached hydrogen (secondary N) is 1. The summed E-state index contributed by atoms with van der Waals surface area (Å²) in [5.74, 6) is 0.244. The van der Waals surface area contributed by atoms with Crippen molar-refractivity contribution < 1.29 is 4.79 Å². The maximum atomic E-state index is 12.5.